The van der Waals surface area contributed by atoms with Crippen LogP contribution in [0.2, 0.25) is 0 Å². The number of halogens is 1. The van der Waals surface area contributed by atoms with Crippen molar-refractivity contribution in [1.82, 2.24) is 9.78 Å². The number of hydrogen-bond acceptors (Lipinski definition) is 2. The van der Waals surface area contributed by atoms with E-state index in [-0.39, 0.29) is 11.9 Å². The van der Waals surface area contributed by atoms with Crippen molar-refractivity contribution in [3.8, 4) is 5.69 Å². The monoisotopic (exact) mass is 261 g/mol. The zero-order valence-corrected chi connectivity index (χ0v) is 11.7. The van der Waals surface area contributed by atoms with Crippen molar-refractivity contribution in [2.45, 2.75) is 39.7 Å². The molecule has 0 aliphatic carbocycles. The van der Waals surface area contributed by atoms with Gasteiger partial charge in [0.2, 0.25) is 0 Å². The van der Waals surface area contributed by atoms with Gasteiger partial charge < -0.3 is 5.73 Å². The third kappa shape index (κ3) is 2.84. The van der Waals surface area contributed by atoms with Gasteiger partial charge in [0, 0.05) is 17.3 Å². The van der Waals surface area contributed by atoms with Crippen molar-refractivity contribution < 1.29 is 4.39 Å². The first kappa shape index (κ1) is 13.7. The number of hydrogen-bond donors (Lipinski definition) is 1. The van der Waals surface area contributed by atoms with Crippen molar-refractivity contribution in [2.24, 2.45) is 5.73 Å². The zero-order chi connectivity index (χ0) is 14.0. The van der Waals surface area contributed by atoms with Gasteiger partial charge in [-0.25, -0.2) is 9.07 Å². The van der Waals surface area contributed by atoms with Gasteiger partial charge in [0.05, 0.1) is 11.4 Å². The van der Waals surface area contributed by atoms with E-state index < -0.39 is 0 Å². The first-order chi connectivity index (χ1) is 9.02. The summed E-state index contributed by atoms with van der Waals surface area (Å²) in [5.74, 6) is -0.214. The number of aromatic nitrogens is 2. The van der Waals surface area contributed by atoms with E-state index >= 15 is 0 Å². The smallest absolute Gasteiger partial charge is 0.128 e. The van der Waals surface area contributed by atoms with Crippen molar-refractivity contribution >= 4 is 0 Å². The van der Waals surface area contributed by atoms with E-state index in [2.05, 4.69) is 5.10 Å². The lowest BCUT2D eigenvalue weighted by Crippen LogP contribution is -2.23. The molecule has 0 saturated heterocycles. The summed E-state index contributed by atoms with van der Waals surface area (Å²) in [7, 11) is 0. The fourth-order valence-corrected chi connectivity index (χ4v) is 2.23. The Kier molecular flexibility index (Phi) is 4.00. The molecule has 0 aliphatic rings. The standard InChI is InChI=1S/C15H20FN3/c1-4-12(17)9-13-14(16)6-5-7-15(13)19-11(3)8-10(2)18-19/h5-8,12H,4,9,17H2,1-3H3. The quantitative estimate of drug-likeness (QED) is 0.919. The highest BCUT2D eigenvalue weighted by molar-refractivity contribution is 5.43. The molecule has 1 heterocycles. The summed E-state index contributed by atoms with van der Waals surface area (Å²) in [5.41, 5.74) is 9.31. The minimum atomic E-state index is -0.214. The SMILES string of the molecule is CCC(N)Cc1c(F)cccc1-n1nc(C)cc1C. The molecule has 0 bridgehead atoms. The number of aryl methyl sites for hydroxylation is 2. The van der Waals surface area contributed by atoms with E-state index in [1.165, 1.54) is 6.07 Å². The second-order valence-electron chi connectivity index (χ2n) is 4.95. The van der Waals surface area contributed by atoms with Gasteiger partial charge in [-0.1, -0.05) is 13.0 Å². The third-order valence-electron chi connectivity index (χ3n) is 3.32. The van der Waals surface area contributed by atoms with E-state index in [0.29, 0.717) is 12.0 Å². The lowest BCUT2D eigenvalue weighted by molar-refractivity contribution is 0.574. The van der Waals surface area contributed by atoms with Crippen LogP contribution in [0.1, 0.15) is 30.3 Å². The normalized spacial score (nSPS) is 12.7. The van der Waals surface area contributed by atoms with Crippen LogP contribution in [-0.4, -0.2) is 15.8 Å². The summed E-state index contributed by atoms with van der Waals surface area (Å²) < 4.78 is 15.9. The molecule has 2 N–H and O–H groups in total. The van der Waals surface area contributed by atoms with Crippen LogP contribution in [0, 0.1) is 19.7 Å². The Bertz CT molecular complexity index is 575. The van der Waals surface area contributed by atoms with Crippen molar-refractivity contribution in [3.05, 3.63) is 47.0 Å². The van der Waals surface area contributed by atoms with Crippen molar-refractivity contribution in [1.29, 1.82) is 0 Å². The molecule has 2 aromatic rings. The van der Waals surface area contributed by atoms with E-state index in [1.807, 2.05) is 32.9 Å². The van der Waals surface area contributed by atoms with Gasteiger partial charge in [0.1, 0.15) is 5.82 Å². The Hall–Kier alpha value is -1.68. The van der Waals surface area contributed by atoms with Gasteiger partial charge in [-0.15, -0.1) is 0 Å². The van der Waals surface area contributed by atoms with Gasteiger partial charge >= 0.3 is 0 Å². The molecule has 19 heavy (non-hydrogen) atoms. The molecule has 0 spiro atoms. The molecule has 2 rings (SSSR count). The largest absolute Gasteiger partial charge is 0.327 e. The summed E-state index contributed by atoms with van der Waals surface area (Å²) in [6.45, 7) is 5.91. The van der Waals surface area contributed by atoms with Crippen molar-refractivity contribution in [3.63, 3.8) is 0 Å². The van der Waals surface area contributed by atoms with Gasteiger partial charge in [-0.2, -0.15) is 5.10 Å². The Morgan fingerprint density at radius 2 is 2.11 bits per heavy atom. The van der Waals surface area contributed by atoms with Crippen molar-refractivity contribution in [2.75, 3.05) is 0 Å². The molecule has 1 aromatic carbocycles. The lowest BCUT2D eigenvalue weighted by Gasteiger charge is -2.15. The molecule has 0 saturated carbocycles. The van der Waals surface area contributed by atoms with Crippen LogP contribution >= 0.6 is 0 Å². The Morgan fingerprint density at radius 3 is 2.68 bits per heavy atom. The molecule has 1 atom stereocenters. The zero-order valence-electron chi connectivity index (χ0n) is 11.7. The van der Waals surface area contributed by atoms with Gasteiger partial charge in [0.15, 0.2) is 0 Å². The highest BCUT2D eigenvalue weighted by Crippen LogP contribution is 2.21. The predicted octanol–water partition coefficient (Wildman–Crippen LogP) is 2.91. The maximum atomic E-state index is 14.1. The first-order valence-corrected chi connectivity index (χ1v) is 6.59. The molecule has 1 unspecified atom stereocenters. The molecule has 4 heteroatoms. The van der Waals surface area contributed by atoms with Crippen LogP contribution in [0.15, 0.2) is 24.3 Å². The maximum absolute atomic E-state index is 14.1. The van der Waals surface area contributed by atoms with Gasteiger partial charge in [-0.3, -0.25) is 0 Å². The second kappa shape index (κ2) is 5.53. The van der Waals surface area contributed by atoms with Crippen LogP contribution in [0.4, 0.5) is 4.39 Å². The van der Waals surface area contributed by atoms with E-state index in [4.69, 9.17) is 5.73 Å². The minimum absolute atomic E-state index is 0.0346. The molecular weight excluding hydrogens is 241 g/mol. The van der Waals surface area contributed by atoms with Gasteiger partial charge in [0.25, 0.3) is 0 Å². The molecule has 0 fully saturated rings. The molecule has 0 radical (unpaired) electrons. The summed E-state index contributed by atoms with van der Waals surface area (Å²) in [6.07, 6.45) is 1.35. The lowest BCUT2D eigenvalue weighted by atomic mass is 10.0. The average molecular weight is 261 g/mol. The number of benzene rings is 1. The van der Waals surface area contributed by atoms with E-state index in [1.54, 1.807) is 10.7 Å². The Labute approximate surface area is 113 Å². The predicted molar refractivity (Wildman–Crippen MR) is 75.0 cm³/mol. The van der Waals surface area contributed by atoms with Crippen LogP contribution < -0.4 is 5.73 Å². The van der Waals surface area contributed by atoms with Crippen LogP contribution in [0.3, 0.4) is 0 Å². The number of nitrogens with two attached hydrogens (primary N) is 1. The molecule has 3 nitrogen and oxygen atoms in total. The Morgan fingerprint density at radius 1 is 1.37 bits per heavy atom. The summed E-state index contributed by atoms with van der Waals surface area (Å²) >= 11 is 0. The molecular formula is C15H20FN3. The summed E-state index contributed by atoms with van der Waals surface area (Å²) in [5, 5.41) is 4.42. The summed E-state index contributed by atoms with van der Waals surface area (Å²) in [6, 6.07) is 7.02. The molecule has 0 amide bonds. The highest BCUT2D eigenvalue weighted by atomic mass is 19.1. The molecule has 1 aromatic heterocycles. The van der Waals surface area contributed by atoms with Crippen LogP contribution in [0.5, 0.6) is 0 Å². The fraction of sp³-hybridized carbons (Fsp3) is 0.400. The highest BCUT2D eigenvalue weighted by Gasteiger charge is 2.15. The number of nitrogens with zero attached hydrogens (tertiary/aromatic N) is 2. The topological polar surface area (TPSA) is 43.8 Å². The fourth-order valence-electron chi connectivity index (χ4n) is 2.23. The van der Waals surface area contributed by atoms with Crippen LogP contribution in [0.25, 0.3) is 5.69 Å². The molecule has 102 valence electrons. The number of rotatable bonds is 4. The van der Waals surface area contributed by atoms with E-state index in [9.17, 15) is 4.39 Å². The summed E-state index contributed by atoms with van der Waals surface area (Å²) in [4.78, 5) is 0. The average Bonchev–Trinajstić information content (AvgIpc) is 2.70. The van der Waals surface area contributed by atoms with Crippen LogP contribution in [-0.2, 0) is 6.42 Å². The third-order valence-corrected chi connectivity index (χ3v) is 3.32. The second-order valence-corrected chi connectivity index (χ2v) is 4.95. The first-order valence-electron chi connectivity index (χ1n) is 6.59. The minimum Gasteiger partial charge on any atom is -0.327 e. The molecule has 0 aliphatic heterocycles. The Balaban J connectivity index is 2.51. The maximum Gasteiger partial charge on any atom is 0.128 e. The van der Waals surface area contributed by atoms with Gasteiger partial charge in [-0.05, 0) is 44.9 Å². The van der Waals surface area contributed by atoms with E-state index in [0.717, 1.165) is 23.5 Å².